The maximum Gasteiger partial charge on any atom is 0.255 e. The van der Waals surface area contributed by atoms with Gasteiger partial charge in [0.1, 0.15) is 6.54 Å². The van der Waals surface area contributed by atoms with Gasteiger partial charge in [0.25, 0.3) is 5.91 Å². The van der Waals surface area contributed by atoms with E-state index >= 15 is 0 Å². The van der Waals surface area contributed by atoms with Gasteiger partial charge in [-0.2, -0.15) is 0 Å². The van der Waals surface area contributed by atoms with Crippen molar-refractivity contribution >= 4 is 23.2 Å². The Morgan fingerprint density at radius 1 is 1.50 bits per heavy atom. The van der Waals surface area contributed by atoms with Gasteiger partial charge in [0.05, 0.1) is 17.0 Å². The number of likely N-dealkylation sites (N-methyl/N-ethyl adjacent to an activating group) is 1. The molecule has 0 aliphatic carbocycles. The molecule has 0 saturated carbocycles. The van der Waals surface area contributed by atoms with Crippen LogP contribution in [0, 0.1) is 11.8 Å². The van der Waals surface area contributed by atoms with Crippen molar-refractivity contribution in [3.05, 3.63) is 21.9 Å². The van der Waals surface area contributed by atoms with E-state index in [4.69, 9.17) is 5.11 Å². The molecule has 5 nitrogen and oxygen atoms in total. The fourth-order valence-corrected chi connectivity index (χ4v) is 2.58. The van der Waals surface area contributed by atoms with Crippen molar-refractivity contribution in [2.75, 3.05) is 33.3 Å². The van der Waals surface area contributed by atoms with Crippen LogP contribution in [0.25, 0.3) is 0 Å². The number of piperazine rings is 1. The predicted molar refractivity (Wildman–Crippen MR) is 76.4 cm³/mol. The maximum absolute atomic E-state index is 12.3. The third kappa shape index (κ3) is 3.38. The highest BCUT2D eigenvalue weighted by Gasteiger charge is 2.25. The predicted octanol–water partition coefficient (Wildman–Crippen LogP) is 0.396. The second kappa shape index (κ2) is 6.55. The van der Waals surface area contributed by atoms with Crippen molar-refractivity contribution in [1.82, 2.24) is 9.80 Å². The van der Waals surface area contributed by atoms with Gasteiger partial charge in [-0.25, -0.2) is 0 Å². The highest BCUT2D eigenvalue weighted by Crippen LogP contribution is 2.16. The van der Waals surface area contributed by atoms with Crippen LogP contribution in [0.5, 0.6) is 0 Å². The molecule has 20 heavy (non-hydrogen) atoms. The molecule has 2 amide bonds. The smallest absolute Gasteiger partial charge is 0.255 e. The molecule has 1 aliphatic heterocycles. The van der Waals surface area contributed by atoms with E-state index in [9.17, 15) is 9.59 Å². The number of hydrogen-bond donors (Lipinski definition) is 1. The van der Waals surface area contributed by atoms with Crippen LogP contribution in [0.3, 0.4) is 0 Å². The molecular weight excluding hydrogens is 276 g/mol. The summed E-state index contributed by atoms with van der Waals surface area (Å²) in [6.07, 6.45) is 0.425. The molecule has 1 fully saturated rings. The van der Waals surface area contributed by atoms with Crippen LogP contribution < -0.4 is 0 Å². The van der Waals surface area contributed by atoms with Crippen molar-refractivity contribution in [2.45, 2.75) is 6.42 Å². The minimum atomic E-state index is -0.127. The van der Waals surface area contributed by atoms with Crippen LogP contribution in [0.4, 0.5) is 0 Å². The van der Waals surface area contributed by atoms with E-state index < -0.39 is 0 Å². The van der Waals surface area contributed by atoms with Crippen molar-refractivity contribution in [3.8, 4) is 11.8 Å². The first-order valence-electron chi connectivity index (χ1n) is 6.33. The Kier molecular flexibility index (Phi) is 4.77. The van der Waals surface area contributed by atoms with E-state index in [1.807, 2.05) is 0 Å². The van der Waals surface area contributed by atoms with E-state index in [1.54, 1.807) is 28.3 Å². The summed E-state index contributed by atoms with van der Waals surface area (Å²) in [5.41, 5.74) is 0.570. The third-order valence-electron chi connectivity index (χ3n) is 3.04. The first kappa shape index (κ1) is 14.6. The lowest BCUT2D eigenvalue weighted by molar-refractivity contribution is -0.133. The zero-order chi connectivity index (χ0) is 14.5. The summed E-state index contributed by atoms with van der Waals surface area (Å²) >= 11 is 1.40. The second-order valence-corrected chi connectivity index (χ2v) is 5.43. The number of amides is 2. The van der Waals surface area contributed by atoms with Crippen LogP contribution in [0.2, 0.25) is 0 Å². The molecule has 0 unspecified atom stereocenters. The number of rotatable bonds is 2. The van der Waals surface area contributed by atoms with E-state index in [0.717, 1.165) is 4.88 Å². The number of carbonyl (C=O) groups is 2. The zero-order valence-electron chi connectivity index (χ0n) is 11.3. The van der Waals surface area contributed by atoms with Crippen molar-refractivity contribution < 1.29 is 14.7 Å². The topological polar surface area (TPSA) is 60.9 Å². The summed E-state index contributed by atoms with van der Waals surface area (Å²) in [5.74, 6) is 5.56. The van der Waals surface area contributed by atoms with Gasteiger partial charge in [0, 0.05) is 31.9 Å². The largest absolute Gasteiger partial charge is 0.395 e. The molecule has 2 rings (SSSR count). The fourth-order valence-electron chi connectivity index (χ4n) is 1.83. The molecule has 1 saturated heterocycles. The molecular formula is C14H16N2O3S. The molecule has 2 heterocycles. The van der Waals surface area contributed by atoms with Gasteiger partial charge in [0.2, 0.25) is 5.91 Å². The lowest BCUT2D eigenvalue weighted by Crippen LogP contribution is -2.50. The average Bonchev–Trinajstić information content (AvgIpc) is 2.90. The molecule has 0 atom stereocenters. The lowest BCUT2D eigenvalue weighted by Gasteiger charge is -2.31. The molecule has 1 aromatic heterocycles. The molecule has 1 aliphatic rings. The van der Waals surface area contributed by atoms with Crippen molar-refractivity contribution in [3.63, 3.8) is 0 Å². The minimum Gasteiger partial charge on any atom is -0.395 e. The fraction of sp³-hybridized carbons (Fsp3) is 0.429. The number of thiophene rings is 1. The molecule has 0 radical (unpaired) electrons. The summed E-state index contributed by atoms with van der Waals surface area (Å²) in [4.78, 5) is 27.9. The number of carbonyl (C=O) groups excluding carboxylic acids is 2. The number of hydrogen-bond acceptors (Lipinski definition) is 4. The molecule has 0 aromatic carbocycles. The van der Waals surface area contributed by atoms with E-state index in [1.165, 1.54) is 11.3 Å². The van der Waals surface area contributed by atoms with Crippen molar-refractivity contribution in [1.29, 1.82) is 0 Å². The van der Waals surface area contributed by atoms with Crippen LogP contribution in [0.15, 0.2) is 11.4 Å². The quantitative estimate of drug-likeness (QED) is 0.803. The van der Waals surface area contributed by atoms with Gasteiger partial charge in [-0.1, -0.05) is 11.8 Å². The Morgan fingerprint density at radius 3 is 3.00 bits per heavy atom. The first-order chi connectivity index (χ1) is 9.61. The normalized spacial score (nSPS) is 15.0. The second-order valence-electron chi connectivity index (χ2n) is 4.52. The minimum absolute atomic E-state index is 0.0353. The monoisotopic (exact) mass is 292 g/mol. The highest BCUT2D eigenvalue weighted by molar-refractivity contribution is 7.10. The Labute approximate surface area is 121 Å². The molecule has 6 heteroatoms. The summed E-state index contributed by atoms with van der Waals surface area (Å²) < 4.78 is 0. The molecule has 1 N–H and O–H groups in total. The Morgan fingerprint density at radius 2 is 2.30 bits per heavy atom. The molecule has 1 aromatic rings. The average molecular weight is 292 g/mol. The summed E-state index contributed by atoms with van der Waals surface area (Å²) in [7, 11) is 1.74. The summed E-state index contributed by atoms with van der Waals surface area (Å²) in [5, 5.41) is 10.4. The molecule has 0 bridgehead atoms. The van der Waals surface area contributed by atoms with Gasteiger partial charge in [-0.05, 0) is 6.07 Å². The van der Waals surface area contributed by atoms with E-state index in [-0.39, 0.29) is 25.0 Å². The van der Waals surface area contributed by atoms with Crippen LogP contribution in [-0.4, -0.2) is 60.0 Å². The van der Waals surface area contributed by atoms with Crippen LogP contribution in [0.1, 0.15) is 21.7 Å². The van der Waals surface area contributed by atoms with Crippen LogP contribution in [-0.2, 0) is 4.79 Å². The molecule has 106 valence electrons. The van der Waals surface area contributed by atoms with E-state index in [0.29, 0.717) is 25.1 Å². The maximum atomic E-state index is 12.3. The Hall–Kier alpha value is -1.84. The SMILES string of the molecule is CN1CCN(C(=O)c2csc(C#CCCO)c2)CC1=O. The summed E-state index contributed by atoms with van der Waals surface area (Å²) in [6, 6.07) is 1.74. The van der Waals surface area contributed by atoms with Gasteiger partial charge in [-0.3, -0.25) is 9.59 Å². The van der Waals surface area contributed by atoms with Gasteiger partial charge in [-0.15, -0.1) is 11.3 Å². The van der Waals surface area contributed by atoms with Gasteiger partial charge >= 0.3 is 0 Å². The number of aliphatic hydroxyl groups excluding tert-OH is 1. The van der Waals surface area contributed by atoms with Gasteiger partial charge < -0.3 is 14.9 Å². The van der Waals surface area contributed by atoms with Crippen LogP contribution >= 0.6 is 11.3 Å². The zero-order valence-corrected chi connectivity index (χ0v) is 12.1. The highest BCUT2D eigenvalue weighted by atomic mass is 32.1. The van der Waals surface area contributed by atoms with Crippen molar-refractivity contribution in [2.24, 2.45) is 0 Å². The Balaban J connectivity index is 2.03. The first-order valence-corrected chi connectivity index (χ1v) is 7.21. The standard InChI is InChI=1S/C14H16N2O3S/c1-15-5-6-16(9-13(15)18)14(19)11-8-12(20-10-11)4-2-3-7-17/h8,10,17H,3,5-7,9H2,1H3. The summed E-state index contributed by atoms with van der Waals surface area (Å²) in [6.45, 7) is 1.30. The lowest BCUT2D eigenvalue weighted by atomic mass is 10.2. The van der Waals surface area contributed by atoms with Gasteiger partial charge in [0.15, 0.2) is 0 Å². The van der Waals surface area contributed by atoms with E-state index in [2.05, 4.69) is 11.8 Å². The molecule has 0 spiro atoms. The number of aliphatic hydroxyl groups is 1. The number of nitrogens with zero attached hydrogens (tertiary/aromatic N) is 2. The third-order valence-corrected chi connectivity index (χ3v) is 3.88. The Bertz CT molecular complexity index is 570.